The number of fused-ring (bicyclic) bond motifs is 1. The first-order valence-electron chi connectivity index (χ1n) is 11.9. The molecule has 2 aliphatic rings. The molecule has 5 nitrogen and oxygen atoms in total. The van der Waals surface area contributed by atoms with Gasteiger partial charge in [-0.15, -0.1) is 0 Å². The average Bonchev–Trinajstić information content (AvgIpc) is 3.09. The highest BCUT2D eigenvalue weighted by Gasteiger charge is 2.60. The van der Waals surface area contributed by atoms with Gasteiger partial charge in [0.25, 0.3) is 0 Å². The van der Waals surface area contributed by atoms with Crippen molar-refractivity contribution in [1.29, 1.82) is 0 Å². The van der Waals surface area contributed by atoms with E-state index in [1.165, 1.54) is 0 Å². The van der Waals surface area contributed by atoms with E-state index < -0.39 is 17.1 Å². The predicted molar refractivity (Wildman–Crippen MR) is 128 cm³/mol. The van der Waals surface area contributed by atoms with E-state index in [1.807, 2.05) is 12.1 Å². The maximum absolute atomic E-state index is 9.35. The number of hydrogen-bond acceptors (Lipinski definition) is 5. The Hall–Kier alpha value is -0.546. The van der Waals surface area contributed by atoms with Crippen LogP contribution >= 0.6 is 0 Å². The van der Waals surface area contributed by atoms with E-state index in [9.17, 15) is 5.11 Å². The third-order valence-corrected chi connectivity index (χ3v) is 17.4. The Balaban J connectivity index is 1.96. The van der Waals surface area contributed by atoms with Crippen molar-refractivity contribution >= 4 is 17.1 Å². The van der Waals surface area contributed by atoms with Crippen LogP contribution in [0.25, 0.3) is 0 Å². The fourth-order valence-corrected chi connectivity index (χ4v) is 16.4. The van der Waals surface area contributed by atoms with Crippen molar-refractivity contribution in [3.63, 3.8) is 0 Å². The Morgan fingerprint density at radius 3 is 1.87 bits per heavy atom. The number of rotatable bonds is 6. The summed E-state index contributed by atoms with van der Waals surface area (Å²) >= 11 is 0. The highest BCUT2D eigenvalue weighted by Crippen LogP contribution is 2.48. The first kappa shape index (κ1) is 25.1. The Morgan fingerprint density at radius 2 is 1.39 bits per heavy atom. The molecule has 1 N–H and O–H groups in total. The van der Waals surface area contributed by atoms with Gasteiger partial charge >= 0.3 is 17.1 Å². The molecule has 0 bridgehead atoms. The first-order valence-corrected chi connectivity index (χ1v) is 15.9. The largest absolute Gasteiger partial charge is 0.414 e. The molecule has 0 unspecified atom stereocenters. The Bertz CT molecular complexity index is 703. The van der Waals surface area contributed by atoms with Crippen molar-refractivity contribution in [3.8, 4) is 0 Å². The van der Waals surface area contributed by atoms with Crippen LogP contribution in [0, 0.1) is 0 Å². The number of hydrogen-bond donors (Lipinski definition) is 1. The van der Waals surface area contributed by atoms with Crippen molar-refractivity contribution in [2.24, 2.45) is 0 Å². The molecule has 1 aromatic carbocycles. The molecule has 0 aliphatic carbocycles. The van der Waals surface area contributed by atoms with E-state index >= 15 is 0 Å². The van der Waals surface area contributed by atoms with Gasteiger partial charge in [-0.2, -0.15) is 0 Å². The van der Waals surface area contributed by atoms with Gasteiger partial charge in [-0.05, 0) is 33.3 Å². The van der Waals surface area contributed by atoms with E-state index in [4.69, 9.17) is 17.7 Å². The van der Waals surface area contributed by atoms with Crippen molar-refractivity contribution < 1.29 is 22.8 Å². The molecule has 0 radical (unpaired) electrons. The van der Waals surface area contributed by atoms with Gasteiger partial charge < -0.3 is 22.8 Å². The highest BCUT2D eigenvalue weighted by molar-refractivity contribution is 6.83. The molecule has 3 atom stereocenters. The quantitative estimate of drug-likeness (QED) is 0.524. The maximum Gasteiger partial charge on any atom is 0.335 e. The normalized spacial score (nSPS) is 28.2. The second-order valence-electron chi connectivity index (χ2n) is 10.4. The first-order chi connectivity index (χ1) is 14.6. The number of aliphatic hydroxyl groups is 1. The van der Waals surface area contributed by atoms with E-state index in [0.717, 1.165) is 17.5 Å². The van der Waals surface area contributed by atoms with Gasteiger partial charge in [0, 0.05) is 6.42 Å². The summed E-state index contributed by atoms with van der Waals surface area (Å²) < 4.78 is 27.7. The third-order valence-electron chi connectivity index (χ3n) is 7.08. The standard InChI is InChI=1S/C24H42O5Si2/c1-16(2)30(17(3)4)26-15-24-23(28-31(29-30,18(5)6)19(7)8)13-22(27-24)21-11-9-20(14-25)10-12-21/h9-12,16-19,22-25H,13-15H2,1-8H3/t22-,23+,24-/m1/s1. The smallest absolute Gasteiger partial charge is 0.335 e. The van der Waals surface area contributed by atoms with Crippen molar-refractivity contribution in [2.45, 2.75) is 109 Å². The zero-order valence-corrected chi connectivity index (χ0v) is 22.6. The average molecular weight is 467 g/mol. The Morgan fingerprint density at radius 1 is 0.839 bits per heavy atom. The van der Waals surface area contributed by atoms with E-state index in [-0.39, 0.29) is 24.9 Å². The highest BCUT2D eigenvalue weighted by atomic mass is 28.5. The fourth-order valence-electron chi connectivity index (χ4n) is 5.20. The lowest BCUT2D eigenvalue weighted by Crippen LogP contribution is -2.65. The maximum atomic E-state index is 9.35. The summed E-state index contributed by atoms with van der Waals surface area (Å²) in [5, 5.41) is 9.35. The monoisotopic (exact) mass is 466 g/mol. The third kappa shape index (κ3) is 4.74. The fraction of sp³-hybridized carbons (Fsp3) is 0.750. The van der Waals surface area contributed by atoms with Crippen LogP contribution in [0.5, 0.6) is 0 Å². The van der Waals surface area contributed by atoms with Crippen LogP contribution in [0.2, 0.25) is 22.2 Å². The van der Waals surface area contributed by atoms with Gasteiger partial charge in [-0.25, -0.2) is 0 Å². The van der Waals surface area contributed by atoms with Crippen molar-refractivity contribution in [2.75, 3.05) is 6.61 Å². The lowest BCUT2D eigenvalue weighted by molar-refractivity contribution is -0.0385. The van der Waals surface area contributed by atoms with Crippen LogP contribution in [-0.2, 0) is 24.3 Å². The second-order valence-corrected chi connectivity index (χ2v) is 19.3. The second kappa shape index (κ2) is 9.75. The molecule has 3 rings (SSSR count). The van der Waals surface area contributed by atoms with Gasteiger partial charge in [0.15, 0.2) is 0 Å². The molecular weight excluding hydrogens is 424 g/mol. The van der Waals surface area contributed by atoms with Crippen LogP contribution in [-0.4, -0.2) is 41.0 Å². The molecule has 31 heavy (non-hydrogen) atoms. The van der Waals surface area contributed by atoms with Crippen LogP contribution in [0.4, 0.5) is 0 Å². The van der Waals surface area contributed by atoms with E-state index in [2.05, 4.69) is 67.5 Å². The van der Waals surface area contributed by atoms with Gasteiger partial charge in [0.2, 0.25) is 0 Å². The zero-order chi connectivity index (χ0) is 23.0. The topological polar surface area (TPSA) is 57.2 Å². The van der Waals surface area contributed by atoms with Gasteiger partial charge in [-0.3, -0.25) is 0 Å². The number of aliphatic hydroxyl groups excluding tert-OH is 1. The number of ether oxygens (including phenoxy) is 1. The summed E-state index contributed by atoms with van der Waals surface area (Å²) in [6.07, 6.45) is 0.678. The molecule has 176 valence electrons. The van der Waals surface area contributed by atoms with Crippen LogP contribution in [0.15, 0.2) is 24.3 Å². The molecule has 1 aromatic rings. The SMILES string of the molecule is CC(C)[Si]1(C(C)C)OC[C@H]2O[C@@H](c3ccc(CO)cc3)C[C@@H]2O[Si](C(C)C)(C(C)C)O1. The number of benzene rings is 1. The zero-order valence-electron chi connectivity index (χ0n) is 20.6. The Labute approximate surface area is 190 Å². The summed E-state index contributed by atoms with van der Waals surface area (Å²) in [5.41, 5.74) is 3.35. The van der Waals surface area contributed by atoms with Crippen molar-refractivity contribution in [1.82, 2.24) is 0 Å². The molecule has 2 fully saturated rings. The summed E-state index contributed by atoms with van der Waals surface area (Å²) in [7, 11) is -5.11. The molecular formula is C24H42O5Si2. The molecule has 0 saturated carbocycles. The Kier molecular flexibility index (Phi) is 7.89. The molecule has 0 amide bonds. The minimum absolute atomic E-state index is 0.0229. The molecule has 2 saturated heterocycles. The summed E-state index contributed by atoms with van der Waals surface area (Å²) in [4.78, 5) is 0. The van der Waals surface area contributed by atoms with Crippen LogP contribution < -0.4 is 0 Å². The predicted octanol–water partition coefficient (Wildman–Crippen LogP) is 5.97. The molecule has 7 heteroatoms. The lowest BCUT2D eigenvalue weighted by Gasteiger charge is -2.51. The van der Waals surface area contributed by atoms with E-state index in [1.54, 1.807) is 0 Å². The minimum atomic E-state index is -2.59. The van der Waals surface area contributed by atoms with Crippen LogP contribution in [0.3, 0.4) is 0 Å². The van der Waals surface area contributed by atoms with Crippen LogP contribution in [0.1, 0.15) is 79.0 Å². The molecule has 2 aliphatic heterocycles. The molecule has 0 aromatic heterocycles. The molecule has 2 heterocycles. The van der Waals surface area contributed by atoms with Gasteiger partial charge in [0.1, 0.15) is 6.10 Å². The van der Waals surface area contributed by atoms with E-state index in [0.29, 0.717) is 28.8 Å². The van der Waals surface area contributed by atoms with Gasteiger partial charge in [-0.1, -0.05) is 79.7 Å². The lowest BCUT2D eigenvalue weighted by atomic mass is 10.0. The van der Waals surface area contributed by atoms with Crippen molar-refractivity contribution in [3.05, 3.63) is 35.4 Å². The summed E-state index contributed by atoms with van der Waals surface area (Å²) in [6.45, 7) is 18.6. The van der Waals surface area contributed by atoms with Gasteiger partial charge in [0.05, 0.1) is 25.4 Å². The summed E-state index contributed by atoms with van der Waals surface area (Å²) in [6, 6.07) is 8.06. The minimum Gasteiger partial charge on any atom is -0.414 e. The molecule has 0 spiro atoms. The summed E-state index contributed by atoms with van der Waals surface area (Å²) in [5.74, 6) is 0.